The van der Waals surface area contributed by atoms with E-state index in [0.717, 1.165) is 35.7 Å². The van der Waals surface area contributed by atoms with Crippen molar-refractivity contribution in [1.29, 1.82) is 0 Å². The van der Waals surface area contributed by atoms with Crippen molar-refractivity contribution in [3.63, 3.8) is 0 Å². The molecule has 0 saturated heterocycles. The summed E-state index contributed by atoms with van der Waals surface area (Å²) >= 11 is 3.28. The van der Waals surface area contributed by atoms with Gasteiger partial charge >= 0.3 is 0 Å². The maximum Gasteiger partial charge on any atom is 0.267 e. The Morgan fingerprint density at radius 1 is 1.11 bits per heavy atom. The number of rotatable bonds is 2. The predicted octanol–water partition coefficient (Wildman–Crippen LogP) is 3.43. The number of nitrogens with one attached hydrogen (secondary N) is 1. The average Bonchev–Trinajstić information content (AvgIpc) is 3.05. The Kier molecular flexibility index (Phi) is 2.70. The molecule has 0 atom stereocenters. The van der Waals surface area contributed by atoms with E-state index in [1.165, 1.54) is 33.9 Å². The fraction of sp³-hybridized carbons (Fsp3) is 0.429. The van der Waals surface area contributed by atoms with E-state index in [9.17, 15) is 4.79 Å². The van der Waals surface area contributed by atoms with Gasteiger partial charge in [0.15, 0.2) is 5.13 Å². The lowest BCUT2D eigenvalue weighted by Gasteiger charge is -1.98. The molecule has 2 aliphatic carbocycles. The third-order valence-electron chi connectivity index (χ3n) is 3.79. The summed E-state index contributed by atoms with van der Waals surface area (Å²) in [7, 11) is 0. The SMILES string of the molecule is O=C(Nc1nc2c(s1)CCC2)c1cc2c(s1)CCC2. The van der Waals surface area contributed by atoms with Gasteiger partial charge in [0.25, 0.3) is 5.91 Å². The molecule has 0 unspecified atom stereocenters. The van der Waals surface area contributed by atoms with Crippen LogP contribution in [0.4, 0.5) is 5.13 Å². The third kappa shape index (κ3) is 2.01. The van der Waals surface area contributed by atoms with Crippen LogP contribution in [0.5, 0.6) is 0 Å². The summed E-state index contributed by atoms with van der Waals surface area (Å²) in [6.45, 7) is 0. The minimum Gasteiger partial charge on any atom is -0.297 e. The Balaban J connectivity index is 1.53. The van der Waals surface area contributed by atoms with Gasteiger partial charge in [-0.3, -0.25) is 10.1 Å². The maximum absolute atomic E-state index is 12.2. The molecule has 1 amide bonds. The number of hydrogen-bond donors (Lipinski definition) is 1. The van der Waals surface area contributed by atoms with Crippen LogP contribution >= 0.6 is 22.7 Å². The summed E-state index contributed by atoms with van der Waals surface area (Å²) in [5.74, 6) is 0.00632. The van der Waals surface area contributed by atoms with Gasteiger partial charge in [0.2, 0.25) is 0 Å². The standard InChI is InChI=1S/C14H14N2OS2/c17-13(12-7-8-3-1-5-10(8)18-12)16-14-15-9-4-2-6-11(9)19-14/h7H,1-6H2,(H,15,16,17). The minimum atomic E-state index is 0.00632. The molecule has 0 fully saturated rings. The lowest BCUT2D eigenvalue weighted by Crippen LogP contribution is -2.10. The smallest absolute Gasteiger partial charge is 0.267 e. The number of aryl methyl sites for hydroxylation is 4. The molecule has 98 valence electrons. The van der Waals surface area contributed by atoms with Crippen LogP contribution in [0.2, 0.25) is 0 Å². The number of thiazole rings is 1. The van der Waals surface area contributed by atoms with E-state index in [4.69, 9.17) is 0 Å². The molecule has 3 nitrogen and oxygen atoms in total. The van der Waals surface area contributed by atoms with Gasteiger partial charge in [-0.25, -0.2) is 4.98 Å². The molecule has 0 bridgehead atoms. The van der Waals surface area contributed by atoms with Crippen LogP contribution in [0, 0.1) is 0 Å². The minimum absolute atomic E-state index is 0.00632. The highest BCUT2D eigenvalue weighted by Gasteiger charge is 2.21. The van der Waals surface area contributed by atoms with E-state index in [-0.39, 0.29) is 5.91 Å². The number of hydrogen-bond acceptors (Lipinski definition) is 4. The number of carbonyl (C=O) groups excluding carboxylic acids is 1. The van der Waals surface area contributed by atoms with Gasteiger partial charge in [-0.1, -0.05) is 0 Å². The molecular weight excluding hydrogens is 276 g/mol. The molecule has 2 heterocycles. The van der Waals surface area contributed by atoms with Crippen LogP contribution in [-0.2, 0) is 25.7 Å². The zero-order chi connectivity index (χ0) is 12.8. The average molecular weight is 290 g/mol. The molecule has 4 rings (SSSR count). The normalized spacial score (nSPS) is 16.4. The first-order valence-electron chi connectivity index (χ1n) is 6.71. The number of thiophene rings is 1. The Bertz CT molecular complexity index is 613. The first kappa shape index (κ1) is 11.6. The Morgan fingerprint density at radius 2 is 1.95 bits per heavy atom. The molecule has 0 radical (unpaired) electrons. The van der Waals surface area contributed by atoms with E-state index in [1.807, 2.05) is 0 Å². The Morgan fingerprint density at radius 3 is 2.79 bits per heavy atom. The van der Waals surface area contributed by atoms with Crippen molar-refractivity contribution >= 4 is 33.7 Å². The number of amides is 1. The molecule has 19 heavy (non-hydrogen) atoms. The number of fused-ring (bicyclic) bond motifs is 2. The number of carbonyl (C=O) groups is 1. The predicted molar refractivity (Wildman–Crippen MR) is 78.4 cm³/mol. The zero-order valence-corrected chi connectivity index (χ0v) is 12.1. The molecule has 2 aromatic heterocycles. The fourth-order valence-electron chi connectivity index (χ4n) is 2.84. The highest BCUT2D eigenvalue weighted by Crippen LogP contribution is 2.33. The van der Waals surface area contributed by atoms with Crippen molar-refractivity contribution in [3.8, 4) is 0 Å². The van der Waals surface area contributed by atoms with Crippen molar-refractivity contribution < 1.29 is 4.79 Å². The van der Waals surface area contributed by atoms with Crippen molar-refractivity contribution in [1.82, 2.24) is 4.98 Å². The van der Waals surface area contributed by atoms with E-state index < -0.39 is 0 Å². The van der Waals surface area contributed by atoms with Gasteiger partial charge < -0.3 is 0 Å². The lowest BCUT2D eigenvalue weighted by atomic mass is 10.2. The third-order valence-corrected chi connectivity index (χ3v) is 6.10. The number of aromatic nitrogens is 1. The number of nitrogens with zero attached hydrogens (tertiary/aromatic N) is 1. The summed E-state index contributed by atoms with van der Waals surface area (Å²) in [6.07, 6.45) is 6.90. The highest BCUT2D eigenvalue weighted by atomic mass is 32.1. The van der Waals surface area contributed by atoms with E-state index in [2.05, 4.69) is 16.4 Å². The molecule has 0 aliphatic heterocycles. The summed E-state index contributed by atoms with van der Waals surface area (Å²) in [6, 6.07) is 2.06. The van der Waals surface area contributed by atoms with Gasteiger partial charge in [-0.05, 0) is 50.2 Å². The Labute approximate surface area is 119 Å². The summed E-state index contributed by atoms with van der Waals surface area (Å²) in [5.41, 5.74) is 2.56. The Hall–Kier alpha value is -1.20. The largest absolute Gasteiger partial charge is 0.297 e. The van der Waals surface area contributed by atoms with Crippen LogP contribution in [0.25, 0.3) is 0 Å². The monoisotopic (exact) mass is 290 g/mol. The van der Waals surface area contributed by atoms with Crippen LogP contribution in [-0.4, -0.2) is 10.9 Å². The van der Waals surface area contributed by atoms with Gasteiger partial charge in [0.1, 0.15) is 0 Å². The van der Waals surface area contributed by atoms with E-state index in [1.54, 1.807) is 22.7 Å². The molecule has 1 N–H and O–H groups in total. The second kappa shape index (κ2) is 4.42. The molecular formula is C14H14N2OS2. The second-order valence-electron chi connectivity index (χ2n) is 5.11. The van der Waals surface area contributed by atoms with E-state index >= 15 is 0 Å². The number of anilines is 1. The van der Waals surface area contributed by atoms with Crippen LogP contribution in [0.15, 0.2) is 6.07 Å². The molecule has 5 heteroatoms. The molecule has 0 aromatic carbocycles. The maximum atomic E-state index is 12.2. The topological polar surface area (TPSA) is 42.0 Å². The first-order chi connectivity index (χ1) is 9.29. The second-order valence-corrected chi connectivity index (χ2v) is 7.33. The molecule has 2 aromatic rings. The van der Waals surface area contributed by atoms with Gasteiger partial charge in [0, 0.05) is 9.75 Å². The molecule has 0 saturated carbocycles. The summed E-state index contributed by atoms with van der Waals surface area (Å²) in [5, 5.41) is 3.72. The lowest BCUT2D eigenvalue weighted by molar-refractivity contribution is 0.103. The fourth-order valence-corrected chi connectivity index (χ4v) is 5.04. The van der Waals surface area contributed by atoms with Gasteiger partial charge in [-0.15, -0.1) is 22.7 Å². The van der Waals surface area contributed by atoms with Crippen molar-refractivity contribution in [2.75, 3.05) is 5.32 Å². The van der Waals surface area contributed by atoms with Crippen molar-refractivity contribution in [2.24, 2.45) is 0 Å². The van der Waals surface area contributed by atoms with Crippen LogP contribution in [0.1, 0.15) is 43.5 Å². The summed E-state index contributed by atoms with van der Waals surface area (Å²) < 4.78 is 0. The summed E-state index contributed by atoms with van der Waals surface area (Å²) in [4.78, 5) is 20.3. The molecule has 0 spiro atoms. The van der Waals surface area contributed by atoms with E-state index in [0.29, 0.717) is 0 Å². The van der Waals surface area contributed by atoms with Gasteiger partial charge in [-0.2, -0.15) is 0 Å². The molecule has 2 aliphatic rings. The van der Waals surface area contributed by atoms with Crippen molar-refractivity contribution in [3.05, 3.63) is 32.0 Å². The highest BCUT2D eigenvalue weighted by molar-refractivity contribution is 7.16. The zero-order valence-electron chi connectivity index (χ0n) is 10.5. The van der Waals surface area contributed by atoms with Crippen LogP contribution < -0.4 is 5.32 Å². The van der Waals surface area contributed by atoms with Gasteiger partial charge in [0.05, 0.1) is 10.6 Å². The first-order valence-corrected chi connectivity index (χ1v) is 8.34. The van der Waals surface area contributed by atoms with Crippen LogP contribution in [0.3, 0.4) is 0 Å². The van der Waals surface area contributed by atoms with Crippen molar-refractivity contribution in [2.45, 2.75) is 38.5 Å². The quantitative estimate of drug-likeness (QED) is 0.920.